The van der Waals surface area contributed by atoms with Crippen molar-refractivity contribution in [1.82, 2.24) is 15.2 Å². The molecule has 4 fully saturated rings. The largest absolute Gasteiger partial charge is 0.359 e. The van der Waals surface area contributed by atoms with Gasteiger partial charge in [0.1, 0.15) is 5.54 Å². The van der Waals surface area contributed by atoms with Crippen LogP contribution in [0.15, 0.2) is 60.0 Å². The molecule has 2 saturated heterocycles. The molecule has 8 rings (SSSR count). The lowest BCUT2D eigenvalue weighted by Gasteiger charge is -2.54. The monoisotopic (exact) mass is 523 g/mol. The van der Waals surface area contributed by atoms with Gasteiger partial charge >= 0.3 is 6.03 Å². The van der Waals surface area contributed by atoms with E-state index in [-0.39, 0.29) is 34.6 Å². The van der Waals surface area contributed by atoms with E-state index in [1.54, 1.807) is 13.8 Å². The van der Waals surface area contributed by atoms with Gasteiger partial charge in [0.25, 0.3) is 5.91 Å². The maximum Gasteiger partial charge on any atom is 0.325 e. The van der Waals surface area contributed by atoms with Crippen molar-refractivity contribution in [2.75, 3.05) is 0 Å². The summed E-state index contributed by atoms with van der Waals surface area (Å²) in [6.07, 6.45) is 16.6. The highest BCUT2D eigenvalue weighted by Gasteiger charge is 2.67. The first-order valence-corrected chi connectivity index (χ1v) is 14.8. The molecular formula is C33H37N3O3. The number of rotatable bonds is 2. The van der Waals surface area contributed by atoms with E-state index in [2.05, 4.69) is 53.6 Å². The average molecular weight is 524 g/mol. The zero-order valence-electron chi connectivity index (χ0n) is 23.1. The van der Waals surface area contributed by atoms with Crippen LogP contribution in [-0.4, -0.2) is 44.6 Å². The van der Waals surface area contributed by atoms with Gasteiger partial charge in [-0.25, -0.2) is 4.79 Å². The number of benzene rings is 1. The van der Waals surface area contributed by atoms with Gasteiger partial charge in [0, 0.05) is 30.2 Å². The number of carbonyl (C=O) groups is 2. The molecule has 3 aliphatic heterocycles. The minimum atomic E-state index is -0.839. The number of nitrogens with one attached hydrogen (secondary N) is 1. The molecule has 39 heavy (non-hydrogen) atoms. The molecule has 1 aromatic heterocycles. The second-order valence-corrected chi connectivity index (χ2v) is 13.8. The number of nitrogens with zero attached hydrogens (tertiary/aromatic N) is 2. The molecule has 1 aromatic carbocycles. The first-order valence-electron chi connectivity index (χ1n) is 14.8. The van der Waals surface area contributed by atoms with Crippen molar-refractivity contribution in [3.05, 3.63) is 65.5 Å². The number of urea groups is 1. The van der Waals surface area contributed by atoms with E-state index in [9.17, 15) is 9.59 Å². The van der Waals surface area contributed by atoms with E-state index in [0.717, 1.165) is 38.5 Å². The molecule has 3 aliphatic carbocycles. The van der Waals surface area contributed by atoms with Crippen molar-refractivity contribution in [3.63, 3.8) is 0 Å². The third kappa shape index (κ3) is 3.04. The maximum atomic E-state index is 13.1. The number of amides is 3. The smallest absolute Gasteiger partial charge is 0.325 e. The summed E-state index contributed by atoms with van der Waals surface area (Å²) in [6.45, 7) is 6.09. The SMILES string of the molecule is CC1(C)NC(=O)N(C2CCC3=CC4=CC[C@]5(C)[C@@H](c6ccc7ccncc7c6)CC[C@H]5[C@@]45CCC3(C2)O5)C1=O. The molecule has 4 heterocycles. The van der Waals surface area contributed by atoms with Crippen molar-refractivity contribution in [3.8, 4) is 0 Å². The van der Waals surface area contributed by atoms with Crippen molar-refractivity contribution in [2.45, 2.75) is 101 Å². The molecule has 2 bridgehead atoms. The first-order chi connectivity index (χ1) is 18.7. The number of imide groups is 1. The van der Waals surface area contributed by atoms with Crippen LogP contribution < -0.4 is 5.32 Å². The normalized spacial score (nSPS) is 40.1. The number of fused-ring (bicyclic) bond motifs is 2. The third-order valence-corrected chi connectivity index (χ3v) is 11.5. The second kappa shape index (κ2) is 7.60. The minimum absolute atomic E-state index is 0.111. The summed E-state index contributed by atoms with van der Waals surface area (Å²) in [4.78, 5) is 31.9. The quantitative estimate of drug-likeness (QED) is 0.478. The molecule has 6 atom stereocenters. The van der Waals surface area contributed by atoms with Gasteiger partial charge in [-0.15, -0.1) is 0 Å². The third-order valence-electron chi connectivity index (χ3n) is 11.5. The summed E-state index contributed by atoms with van der Waals surface area (Å²) in [7, 11) is 0. The van der Waals surface area contributed by atoms with Gasteiger partial charge in [-0.1, -0.05) is 31.2 Å². The number of ether oxygens (including phenoxy) is 1. The Morgan fingerprint density at radius 1 is 1.05 bits per heavy atom. The van der Waals surface area contributed by atoms with E-state index < -0.39 is 5.54 Å². The fourth-order valence-electron chi connectivity index (χ4n) is 9.58. The highest BCUT2D eigenvalue weighted by molar-refractivity contribution is 6.06. The molecule has 3 amide bonds. The van der Waals surface area contributed by atoms with Gasteiger partial charge < -0.3 is 10.1 Å². The molecule has 6 nitrogen and oxygen atoms in total. The van der Waals surface area contributed by atoms with Crippen LogP contribution in [0, 0.1) is 11.3 Å². The summed E-state index contributed by atoms with van der Waals surface area (Å²) >= 11 is 0. The minimum Gasteiger partial charge on any atom is -0.359 e. The predicted molar refractivity (Wildman–Crippen MR) is 149 cm³/mol. The number of allylic oxidation sites excluding steroid dienone is 1. The van der Waals surface area contributed by atoms with Gasteiger partial charge in [0.15, 0.2) is 0 Å². The van der Waals surface area contributed by atoms with E-state index in [4.69, 9.17) is 4.74 Å². The summed E-state index contributed by atoms with van der Waals surface area (Å²) < 4.78 is 7.41. The predicted octanol–water partition coefficient (Wildman–Crippen LogP) is 6.18. The van der Waals surface area contributed by atoms with Crippen LogP contribution in [0.1, 0.15) is 83.6 Å². The molecule has 0 radical (unpaired) electrons. The number of aromatic nitrogens is 1. The van der Waals surface area contributed by atoms with Crippen LogP contribution in [0.2, 0.25) is 0 Å². The number of carbonyl (C=O) groups excluding carboxylic acids is 2. The average Bonchev–Trinajstić information content (AvgIpc) is 3.49. The molecule has 6 heteroatoms. The van der Waals surface area contributed by atoms with E-state index in [1.165, 1.54) is 38.8 Å². The van der Waals surface area contributed by atoms with Crippen molar-refractivity contribution in [2.24, 2.45) is 11.3 Å². The van der Waals surface area contributed by atoms with Crippen LogP contribution in [0.5, 0.6) is 0 Å². The zero-order valence-corrected chi connectivity index (χ0v) is 23.1. The molecule has 1 N–H and O–H groups in total. The maximum absolute atomic E-state index is 13.1. The standard InChI is InChI=1S/C33H37N3O3/c1-30(2)28(37)36(29(38)35-30)25-7-6-23-17-24-10-12-31(3)26(21-5-4-20-11-15-34-19-22(20)16-21)8-9-27(31)33(24)14-13-32(23,18-25)39-33/h4-5,10-11,15-17,19,25-27H,6-9,12-14,18H2,1-3H3,(H,35,38)/t25?,26-,27-,31-,32?,33-/m1/s1. The van der Waals surface area contributed by atoms with Gasteiger partial charge in [-0.3, -0.25) is 14.7 Å². The Morgan fingerprint density at radius 2 is 1.92 bits per heavy atom. The van der Waals surface area contributed by atoms with Crippen molar-refractivity contribution < 1.29 is 14.3 Å². The van der Waals surface area contributed by atoms with Gasteiger partial charge in [0.2, 0.25) is 0 Å². The van der Waals surface area contributed by atoms with Gasteiger partial charge in [0.05, 0.1) is 11.2 Å². The Bertz CT molecular complexity index is 1510. The van der Waals surface area contributed by atoms with Crippen molar-refractivity contribution in [1.29, 1.82) is 0 Å². The summed E-state index contributed by atoms with van der Waals surface area (Å²) in [6, 6.07) is 8.66. The van der Waals surface area contributed by atoms with Gasteiger partial charge in [-0.05, 0) is 110 Å². The van der Waals surface area contributed by atoms with E-state index >= 15 is 0 Å². The Labute approximate surface area is 229 Å². The highest BCUT2D eigenvalue weighted by atomic mass is 16.5. The number of pyridine rings is 1. The Morgan fingerprint density at radius 3 is 2.74 bits per heavy atom. The molecule has 6 aliphatic rings. The molecule has 2 saturated carbocycles. The highest BCUT2D eigenvalue weighted by Crippen LogP contribution is 2.69. The van der Waals surface area contributed by atoms with Gasteiger partial charge in [-0.2, -0.15) is 0 Å². The second-order valence-electron chi connectivity index (χ2n) is 13.8. The van der Waals surface area contributed by atoms with Crippen molar-refractivity contribution >= 4 is 22.7 Å². The Hall–Kier alpha value is -2.99. The number of hydrogen-bond donors (Lipinski definition) is 1. The fraction of sp³-hybridized carbons (Fsp3) is 0.545. The van der Waals surface area contributed by atoms with Crippen LogP contribution in [0.4, 0.5) is 4.79 Å². The molecule has 2 spiro atoms. The lowest BCUT2D eigenvalue weighted by atomic mass is 9.58. The molecular weight excluding hydrogens is 486 g/mol. The van der Waals surface area contributed by atoms with E-state index in [0.29, 0.717) is 18.3 Å². The van der Waals surface area contributed by atoms with Crippen LogP contribution >= 0.6 is 0 Å². The number of hydrogen-bond acceptors (Lipinski definition) is 4. The summed E-state index contributed by atoms with van der Waals surface area (Å²) in [5.41, 5.74) is 2.86. The zero-order chi connectivity index (χ0) is 26.8. The Kier molecular flexibility index (Phi) is 4.65. The lowest BCUT2D eigenvalue weighted by molar-refractivity contribution is -0.145. The van der Waals surface area contributed by atoms with Crippen LogP contribution in [-0.2, 0) is 9.53 Å². The molecule has 2 aromatic rings. The lowest BCUT2D eigenvalue weighted by Crippen LogP contribution is -2.56. The van der Waals surface area contributed by atoms with Crippen LogP contribution in [0.25, 0.3) is 10.8 Å². The summed E-state index contributed by atoms with van der Waals surface area (Å²) in [5, 5.41) is 5.34. The molecule has 2 unspecified atom stereocenters. The first kappa shape index (κ1) is 23.9. The van der Waals surface area contributed by atoms with E-state index in [1.807, 2.05) is 12.4 Å². The summed E-state index contributed by atoms with van der Waals surface area (Å²) in [5.74, 6) is 0.824. The molecule has 202 valence electrons. The fourth-order valence-corrected chi connectivity index (χ4v) is 9.58. The Balaban J connectivity index is 1.13. The topological polar surface area (TPSA) is 71.5 Å². The van der Waals surface area contributed by atoms with Crippen LogP contribution in [0.3, 0.4) is 0 Å².